The Morgan fingerprint density at radius 1 is 1.33 bits per heavy atom. The molecule has 0 saturated carbocycles. The van der Waals surface area contributed by atoms with Gasteiger partial charge in [-0.2, -0.15) is 0 Å². The molecule has 0 aromatic heterocycles. The van der Waals surface area contributed by atoms with Crippen molar-refractivity contribution in [2.45, 2.75) is 20.8 Å². The van der Waals surface area contributed by atoms with Gasteiger partial charge in [0.05, 0.1) is 6.61 Å². The van der Waals surface area contributed by atoms with Gasteiger partial charge in [-0.25, -0.2) is 0 Å². The van der Waals surface area contributed by atoms with Gasteiger partial charge in [0, 0.05) is 38.4 Å². The Morgan fingerprint density at radius 2 is 2.05 bits per heavy atom. The summed E-state index contributed by atoms with van der Waals surface area (Å²) in [6.45, 7) is 7.31. The van der Waals surface area contributed by atoms with Gasteiger partial charge >= 0.3 is 0 Å². The zero-order valence-electron chi connectivity index (χ0n) is 13.2. The standard InChI is InChI=1S/C16H24N2O3/c1-12(2)11-18(8-9-21-4)16(20)14-6-5-7-15(10-14)17-13(3)19/h5-7,10,12H,8-9,11H2,1-4H3,(H,17,19). The number of carbonyl (C=O) groups excluding carboxylic acids is 2. The molecule has 0 aliphatic carbocycles. The third-order valence-electron chi connectivity index (χ3n) is 2.87. The highest BCUT2D eigenvalue weighted by atomic mass is 16.5. The zero-order chi connectivity index (χ0) is 15.8. The lowest BCUT2D eigenvalue weighted by Gasteiger charge is -2.24. The van der Waals surface area contributed by atoms with E-state index in [4.69, 9.17) is 4.74 Å². The Balaban J connectivity index is 2.88. The highest BCUT2D eigenvalue weighted by Crippen LogP contribution is 2.14. The van der Waals surface area contributed by atoms with Crippen molar-refractivity contribution in [2.75, 3.05) is 32.1 Å². The van der Waals surface area contributed by atoms with Crippen molar-refractivity contribution in [3.05, 3.63) is 29.8 Å². The summed E-state index contributed by atoms with van der Waals surface area (Å²) < 4.78 is 5.07. The van der Waals surface area contributed by atoms with Crippen LogP contribution < -0.4 is 5.32 Å². The number of carbonyl (C=O) groups is 2. The molecule has 0 unspecified atom stereocenters. The van der Waals surface area contributed by atoms with Gasteiger partial charge in [0.15, 0.2) is 0 Å². The number of hydrogen-bond donors (Lipinski definition) is 1. The number of ether oxygens (including phenoxy) is 1. The van der Waals surface area contributed by atoms with Gasteiger partial charge in [-0.05, 0) is 24.1 Å². The van der Waals surface area contributed by atoms with Crippen LogP contribution in [-0.4, -0.2) is 43.5 Å². The van der Waals surface area contributed by atoms with Crippen LogP contribution >= 0.6 is 0 Å². The van der Waals surface area contributed by atoms with Crippen molar-refractivity contribution >= 4 is 17.5 Å². The van der Waals surface area contributed by atoms with E-state index in [2.05, 4.69) is 19.2 Å². The van der Waals surface area contributed by atoms with Gasteiger partial charge in [-0.3, -0.25) is 9.59 Å². The third-order valence-corrected chi connectivity index (χ3v) is 2.87. The summed E-state index contributed by atoms with van der Waals surface area (Å²) in [4.78, 5) is 25.5. The molecule has 1 N–H and O–H groups in total. The second kappa shape index (κ2) is 8.42. The van der Waals surface area contributed by atoms with Crippen molar-refractivity contribution in [1.82, 2.24) is 4.90 Å². The first-order valence-electron chi connectivity index (χ1n) is 7.10. The number of rotatable bonds is 7. The maximum atomic E-state index is 12.6. The number of amides is 2. The van der Waals surface area contributed by atoms with Crippen LogP contribution in [0.25, 0.3) is 0 Å². The molecule has 0 bridgehead atoms. The lowest BCUT2D eigenvalue weighted by molar-refractivity contribution is -0.114. The number of benzene rings is 1. The Morgan fingerprint density at radius 3 is 2.62 bits per heavy atom. The molecule has 1 aromatic carbocycles. The fourth-order valence-electron chi connectivity index (χ4n) is 2.03. The summed E-state index contributed by atoms with van der Waals surface area (Å²) >= 11 is 0. The average Bonchev–Trinajstić information content (AvgIpc) is 2.42. The van der Waals surface area contributed by atoms with Gasteiger partial charge in [0.1, 0.15) is 0 Å². The van der Waals surface area contributed by atoms with Crippen molar-refractivity contribution < 1.29 is 14.3 Å². The average molecular weight is 292 g/mol. The molecule has 0 aliphatic heterocycles. The van der Waals surface area contributed by atoms with E-state index in [1.165, 1.54) is 6.92 Å². The lowest BCUT2D eigenvalue weighted by atomic mass is 10.1. The van der Waals surface area contributed by atoms with Gasteiger partial charge in [0.25, 0.3) is 5.91 Å². The van der Waals surface area contributed by atoms with Crippen molar-refractivity contribution in [1.29, 1.82) is 0 Å². The van der Waals surface area contributed by atoms with E-state index >= 15 is 0 Å². The summed E-state index contributed by atoms with van der Waals surface area (Å²) in [6.07, 6.45) is 0. The molecular weight excluding hydrogens is 268 g/mol. The molecule has 21 heavy (non-hydrogen) atoms. The fraction of sp³-hybridized carbons (Fsp3) is 0.500. The Bertz CT molecular complexity index is 486. The van der Waals surface area contributed by atoms with Crippen molar-refractivity contribution in [3.63, 3.8) is 0 Å². The molecule has 0 spiro atoms. The van der Waals surface area contributed by atoms with Gasteiger partial charge < -0.3 is 15.0 Å². The maximum Gasteiger partial charge on any atom is 0.254 e. The Hall–Kier alpha value is -1.88. The summed E-state index contributed by atoms with van der Waals surface area (Å²) in [5, 5.41) is 2.69. The number of anilines is 1. The van der Waals surface area contributed by atoms with Gasteiger partial charge in [-0.1, -0.05) is 19.9 Å². The van der Waals surface area contributed by atoms with E-state index in [9.17, 15) is 9.59 Å². The number of nitrogens with one attached hydrogen (secondary N) is 1. The fourth-order valence-corrected chi connectivity index (χ4v) is 2.03. The van der Waals surface area contributed by atoms with Crippen LogP contribution in [0.15, 0.2) is 24.3 Å². The SMILES string of the molecule is COCCN(CC(C)C)C(=O)c1cccc(NC(C)=O)c1. The van der Waals surface area contributed by atoms with Crippen molar-refractivity contribution in [3.8, 4) is 0 Å². The van der Waals surface area contributed by atoms with Crippen LogP contribution in [0.2, 0.25) is 0 Å². The maximum absolute atomic E-state index is 12.6. The molecule has 5 heteroatoms. The molecule has 1 rings (SSSR count). The summed E-state index contributed by atoms with van der Waals surface area (Å²) in [7, 11) is 1.62. The van der Waals surface area contributed by atoms with Crippen LogP contribution in [0.3, 0.4) is 0 Å². The van der Waals surface area contributed by atoms with E-state index in [0.29, 0.717) is 36.9 Å². The van der Waals surface area contributed by atoms with Crippen LogP contribution in [0, 0.1) is 5.92 Å². The van der Waals surface area contributed by atoms with E-state index in [1.807, 2.05) is 0 Å². The molecule has 5 nitrogen and oxygen atoms in total. The van der Waals surface area contributed by atoms with E-state index in [-0.39, 0.29) is 11.8 Å². The topological polar surface area (TPSA) is 58.6 Å². The molecule has 0 fully saturated rings. The molecule has 0 radical (unpaired) electrons. The van der Waals surface area contributed by atoms with Gasteiger partial charge in [-0.15, -0.1) is 0 Å². The first kappa shape index (κ1) is 17.2. The summed E-state index contributed by atoms with van der Waals surface area (Å²) in [5.41, 5.74) is 1.20. The second-order valence-electron chi connectivity index (χ2n) is 5.40. The molecule has 0 atom stereocenters. The zero-order valence-corrected chi connectivity index (χ0v) is 13.2. The van der Waals surface area contributed by atoms with Crippen LogP contribution in [0.1, 0.15) is 31.1 Å². The predicted molar refractivity (Wildman–Crippen MR) is 83.4 cm³/mol. The first-order valence-corrected chi connectivity index (χ1v) is 7.10. The highest BCUT2D eigenvalue weighted by molar-refractivity contribution is 5.96. The minimum atomic E-state index is -0.155. The minimum Gasteiger partial charge on any atom is -0.383 e. The predicted octanol–water partition coefficient (Wildman–Crippen LogP) is 2.39. The second-order valence-corrected chi connectivity index (χ2v) is 5.40. The molecule has 116 valence electrons. The summed E-state index contributed by atoms with van der Waals surface area (Å²) in [6, 6.07) is 6.99. The number of nitrogens with zero attached hydrogens (tertiary/aromatic N) is 1. The quantitative estimate of drug-likeness (QED) is 0.839. The van der Waals surface area contributed by atoms with Crippen LogP contribution in [0.4, 0.5) is 5.69 Å². The van der Waals surface area contributed by atoms with Crippen molar-refractivity contribution in [2.24, 2.45) is 5.92 Å². The first-order chi connectivity index (χ1) is 9.93. The third kappa shape index (κ3) is 5.95. The molecule has 0 aliphatic rings. The smallest absolute Gasteiger partial charge is 0.254 e. The molecule has 1 aromatic rings. The van der Waals surface area contributed by atoms with Gasteiger partial charge in [0.2, 0.25) is 5.91 Å². The summed E-state index contributed by atoms with van der Waals surface area (Å²) in [5.74, 6) is 0.176. The lowest BCUT2D eigenvalue weighted by Crippen LogP contribution is -2.36. The molecule has 0 saturated heterocycles. The monoisotopic (exact) mass is 292 g/mol. The normalized spacial score (nSPS) is 10.5. The molecule has 2 amide bonds. The number of hydrogen-bond acceptors (Lipinski definition) is 3. The Labute approximate surface area is 126 Å². The van der Waals surface area contributed by atoms with E-state index in [1.54, 1.807) is 36.3 Å². The van der Waals surface area contributed by atoms with E-state index in [0.717, 1.165) is 0 Å². The minimum absolute atomic E-state index is 0.0482. The van der Waals surface area contributed by atoms with Crippen LogP contribution in [0.5, 0.6) is 0 Å². The number of methoxy groups -OCH3 is 1. The Kier molecular flexibility index (Phi) is 6.88. The molecular formula is C16H24N2O3. The van der Waals surface area contributed by atoms with E-state index < -0.39 is 0 Å². The molecule has 0 heterocycles. The largest absolute Gasteiger partial charge is 0.383 e. The highest BCUT2D eigenvalue weighted by Gasteiger charge is 2.17. The van der Waals surface area contributed by atoms with Crippen LogP contribution in [-0.2, 0) is 9.53 Å².